The highest BCUT2D eigenvalue weighted by Crippen LogP contribution is 2.13. The highest BCUT2D eigenvalue weighted by Gasteiger charge is 2.31. The summed E-state index contributed by atoms with van der Waals surface area (Å²) >= 11 is 0. The summed E-state index contributed by atoms with van der Waals surface area (Å²) in [4.78, 5) is 25.7. The Morgan fingerprint density at radius 2 is 2.04 bits per heavy atom. The van der Waals surface area contributed by atoms with E-state index in [1.807, 2.05) is 44.2 Å². The smallest absolute Gasteiger partial charge is 0.407 e. The van der Waals surface area contributed by atoms with Crippen molar-refractivity contribution in [3.05, 3.63) is 35.9 Å². The van der Waals surface area contributed by atoms with Gasteiger partial charge in [-0.2, -0.15) is 0 Å². The van der Waals surface area contributed by atoms with Gasteiger partial charge in [0, 0.05) is 13.1 Å². The Hall–Kier alpha value is -2.08. The van der Waals surface area contributed by atoms with E-state index in [0.29, 0.717) is 13.1 Å². The minimum atomic E-state index is -0.487. The summed E-state index contributed by atoms with van der Waals surface area (Å²) in [6.45, 7) is 5.19. The van der Waals surface area contributed by atoms with Crippen molar-refractivity contribution in [1.29, 1.82) is 0 Å². The maximum Gasteiger partial charge on any atom is 0.407 e. The molecule has 1 fully saturated rings. The van der Waals surface area contributed by atoms with E-state index in [9.17, 15) is 9.59 Å². The number of likely N-dealkylation sites (tertiary alicyclic amines) is 1. The van der Waals surface area contributed by atoms with Gasteiger partial charge in [-0.3, -0.25) is 4.79 Å². The number of carbonyl (C=O) groups excluding carboxylic acids is 2. The van der Waals surface area contributed by atoms with E-state index in [-0.39, 0.29) is 24.5 Å². The molecule has 6 nitrogen and oxygen atoms in total. The average Bonchev–Trinajstić information content (AvgIpc) is 3.00. The van der Waals surface area contributed by atoms with Crippen LogP contribution in [0.5, 0.6) is 0 Å². The fourth-order valence-electron chi connectivity index (χ4n) is 2.51. The van der Waals surface area contributed by atoms with Crippen molar-refractivity contribution in [3.8, 4) is 0 Å². The number of nitrogens with two attached hydrogens (primary N) is 1. The standard InChI is InChI=1S/C17H25N3O3/c1-12(2)15(18)16(21)20-9-8-14(10-20)19-17(22)23-11-13-6-4-3-5-7-13/h3-7,12,14-15H,8-11,18H2,1-2H3,(H,19,22)/t14-,15-/m0/s1. The van der Waals surface area contributed by atoms with Gasteiger partial charge in [0.1, 0.15) is 6.61 Å². The van der Waals surface area contributed by atoms with Crippen molar-refractivity contribution in [2.45, 2.75) is 39.0 Å². The number of benzene rings is 1. The Kier molecular flexibility index (Phi) is 5.98. The molecule has 0 bridgehead atoms. The van der Waals surface area contributed by atoms with E-state index in [1.165, 1.54) is 0 Å². The third-order valence-corrected chi connectivity index (χ3v) is 4.04. The third-order valence-electron chi connectivity index (χ3n) is 4.04. The molecule has 126 valence electrons. The van der Waals surface area contributed by atoms with Crippen LogP contribution in [0.2, 0.25) is 0 Å². The minimum Gasteiger partial charge on any atom is -0.445 e. The van der Waals surface area contributed by atoms with Crippen molar-refractivity contribution < 1.29 is 14.3 Å². The van der Waals surface area contributed by atoms with Crippen LogP contribution in [-0.4, -0.2) is 42.1 Å². The summed E-state index contributed by atoms with van der Waals surface area (Å²) in [5.41, 5.74) is 6.83. The monoisotopic (exact) mass is 319 g/mol. The lowest BCUT2D eigenvalue weighted by Gasteiger charge is -2.23. The van der Waals surface area contributed by atoms with Gasteiger partial charge in [0.15, 0.2) is 0 Å². The SMILES string of the molecule is CC(C)[C@H](N)C(=O)N1CC[C@H](NC(=O)OCc2ccccc2)C1. The highest BCUT2D eigenvalue weighted by molar-refractivity contribution is 5.82. The van der Waals surface area contributed by atoms with Crippen molar-refractivity contribution in [2.24, 2.45) is 11.7 Å². The first kappa shape index (κ1) is 17.3. The van der Waals surface area contributed by atoms with Gasteiger partial charge in [0.2, 0.25) is 5.91 Å². The molecule has 2 rings (SSSR count). The summed E-state index contributed by atoms with van der Waals surface area (Å²) in [6.07, 6.45) is 0.262. The number of hydrogen-bond donors (Lipinski definition) is 2. The summed E-state index contributed by atoms with van der Waals surface area (Å²) in [7, 11) is 0. The Morgan fingerprint density at radius 1 is 1.35 bits per heavy atom. The first-order valence-corrected chi connectivity index (χ1v) is 7.99. The van der Waals surface area contributed by atoms with Crippen molar-refractivity contribution in [3.63, 3.8) is 0 Å². The second kappa shape index (κ2) is 7.97. The van der Waals surface area contributed by atoms with Crippen LogP contribution in [0.1, 0.15) is 25.8 Å². The molecule has 0 aromatic heterocycles. The molecule has 2 amide bonds. The Morgan fingerprint density at radius 3 is 2.70 bits per heavy atom. The lowest BCUT2D eigenvalue weighted by molar-refractivity contribution is -0.132. The molecule has 0 radical (unpaired) electrons. The second-order valence-electron chi connectivity index (χ2n) is 6.25. The highest BCUT2D eigenvalue weighted by atomic mass is 16.5. The summed E-state index contributed by atoms with van der Waals surface area (Å²) < 4.78 is 5.19. The Balaban J connectivity index is 1.74. The predicted octanol–water partition coefficient (Wildman–Crippen LogP) is 1.50. The third kappa shape index (κ3) is 4.96. The second-order valence-corrected chi connectivity index (χ2v) is 6.25. The normalized spacial score (nSPS) is 18.8. The molecule has 1 saturated heterocycles. The van der Waals surface area contributed by atoms with Crippen LogP contribution < -0.4 is 11.1 Å². The zero-order valence-electron chi connectivity index (χ0n) is 13.7. The van der Waals surface area contributed by atoms with Gasteiger partial charge in [-0.25, -0.2) is 4.79 Å². The number of alkyl carbamates (subject to hydrolysis) is 1. The van der Waals surface area contributed by atoms with Crippen LogP contribution in [0, 0.1) is 5.92 Å². The van der Waals surface area contributed by atoms with E-state index in [2.05, 4.69) is 5.32 Å². The molecule has 1 heterocycles. The van der Waals surface area contributed by atoms with Gasteiger partial charge in [-0.15, -0.1) is 0 Å². The zero-order valence-corrected chi connectivity index (χ0v) is 13.7. The molecule has 3 N–H and O–H groups in total. The molecule has 1 aliphatic rings. The average molecular weight is 319 g/mol. The van der Waals surface area contributed by atoms with Crippen molar-refractivity contribution in [1.82, 2.24) is 10.2 Å². The van der Waals surface area contributed by atoms with Crippen LogP contribution in [0.3, 0.4) is 0 Å². The number of rotatable bonds is 5. The number of carbonyl (C=O) groups is 2. The van der Waals surface area contributed by atoms with Gasteiger partial charge in [0.25, 0.3) is 0 Å². The molecule has 1 aromatic rings. The molecule has 0 unspecified atom stereocenters. The van der Waals surface area contributed by atoms with Crippen LogP contribution >= 0.6 is 0 Å². The number of ether oxygens (including phenoxy) is 1. The topological polar surface area (TPSA) is 84.7 Å². The number of nitrogens with zero attached hydrogens (tertiary/aromatic N) is 1. The Labute approximate surface area is 137 Å². The molecule has 0 aliphatic carbocycles. The van der Waals surface area contributed by atoms with E-state index in [4.69, 9.17) is 10.5 Å². The predicted molar refractivity (Wildman–Crippen MR) is 87.6 cm³/mol. The number of nitrogens with one attached hydrogen (secondary N) is 1. The molecule has 23 heavy (non-hydrogen) atoms. The van der Waals surface area contributed by atoms with Crippen molar-refractivity contribution >= 4 is 12.0 Å². The molecule has 0 spiro atoms. The summed E-state index contributed by atoms with van der Waals surface area (Å²) in [5.74, 6) is 0.0484. The quantitative estimate of drug-likeness (QED) is 0.861. The van der Waals surface area contributed by atoms with Gasteiger partial charge in [-0.05, 0) is 17.9 Å². The summed E-state index contributed by atoms with van der Waals surface area (Å²) in [5, 5.41) is 2.81. The molecule has 2 atom stereocenters. The van der Waals surface area contributed by atoms with Gasteiger partial charge in [-0.1, -0.05) is 44.2 Å². The minimum absolute atomic E-state index is 0.0537. The van der Waals surface area contributed by atoms with Gasteiger partial charge < -0.3 is 20.7 Å². The van der Waals surface area contributed by atoms with E-state index < -0.39 is 12.1 Å². The lowest BCUT2D eigenvalue weighted by atomic mass is 10.0. The van der Waals surface area contributed by atoms with Crippen LogP contribution in [0.25, 0.3) is 0 Å². The maximum atomic E-state index is 12.2. The molecule has 1 aromatic carbocycles. The molecular formula is C17H25N3O3. The van der Waals surface area contributed by atoms with E-state index in [1.54, 1.807) is 4.90 Å². The van der Waals surface area contributed by atoms with Gasteiger partial charge >= 0.3 is 6.09 Å². The number of hydrogen-bond acceptors (Lipinski definition) is 4. The molecule has 6 heteroatoms. The van der Waals surface area contributed by atoms with Crippen LogP contribution in [0.15, 0.2) is 30.3 Å². The first-order valence-electron chi connectivity index (χ1n) is 7.99. The van der Waals surface area contributed by atoms with Crippen LogP contribution in [0.4, 0.5) is 4.79 Å². The molecule has 1 aliphatic heterocycles. The van der Waals surface area contributed by atoms with Gasteiger partial charge in [0.05, 0.1) is 12.1 Å². The molecule has 0 saturated carbocycles. The maximum absolute atomic E-state index is 12.2. The largest absolute Gasteiger partial charge is 0.445 e. The lowest BCUT2D eigenvalue weighted by Crippen LogP contribution is -2.47. The number of amides is 2. The molecular weight excluding hydrogens is 294 g/mol. The fraction of sp³-hybridized carbons (Fsp3) is 0.529. The fourth-order valence-corrected chi connectivity index (χ4v) is 2.51. The van der Waals surface area contributed by atoms with E-state index >= 15 is 0 Å². The van der Waals surface area contributed by atoms with E-state index in [0.717, 1.165) is 12.0 Å². The van der Waals surface area contributed by atoms with Crippen LogP contribution in [-0.2, 0) is 16.1 Å². The summed E-state index contributed by atoms with van der Waals surface area (Å²) in [6, 6.07) is 8.94. The first-order chi connectivity index (χ1) is 11.0. The Bertz CT molecular complexity index is 533. The van der Waals surface area contributed by atoms with Crippen molar-refractivity contribution in [2.75, 3.05) is 13.1 Å². The zero-order chi connectivity index (χ0) is 16.8.